The Morgan fingerprint density at radius 3 is 2.88 bits per heavy atom. The van der Waals surface area contributed by atoms with Gasteiger partial charge >= 0.3 is 0 Å². The summed E-state index contributed by atoms with van der Waals surface area (Å²) in [4.78, 5) is 11.7. The Bertz CT molecular complexity index is 207. The molecule has 3 N–H and O–H groups in total. The van der Waals surface area contributed by atoms with Gasteiger partial charge in [0.15, 0.2) is 0 Å². The van der Waals surface area contributed by atoms with E-state index in [-0.39, 0.29) is 18.1 Å². The molecule has 6 heteroatoms. The Morgan fingerprint density at radius 2 is 2.31 bits per heavy atom. The van der Waals surface area contributed by atoms with Crippen LogP contribution in [0.15, 0.2) is 0 Å². The van der Waals surface area contributed by atoms with Crippen LogP contribution in [0, 0.1) is 0 Å². The Kier molecular flexibility index (Phi) is 6.32. The number of rotatable bonds is 6. The van der Waals surface area contributed by atoms with Crippen molar-refractivity contribution in [1.29, 1.82) is 0 Å². The van der Waals surface area contributed by atoms with E-state index in [1.165, 1.54) is 0 Å². The van der Waals surface area contributed by atoms with Crippen LogP contribution in [-0.2, 0) is 14.3 Å². The molecule has 2 unspecified atom stereocenters. The van der Waals surface area contributed by atoms with Crippen LogP contribution in [0.3, 0.4) is 0 Å². The Morgan fingerprint density at radius 1 is 1.50 bits per heavy atom. The number of carbonyl (C=O) groups excluding carboxylic acids is 1. The van der Waals surface area contributed by atoms with E-state index < -0.39 is 0 Å². The quantitative estimate of drug-likeness (QED) is 0.509. The molecule has 0 aromatic carbocycles. The number of hydrogen-bond acceptors (Lipinski definition) is 5. The normalized spacial score (nSPS) is 22.8. The fraction of sp³-hybridized carbons (Fsp3) is 0.900. The molecule has 0 spiro atoms. The first-order valence-electron chi connectivity index (χ1n) is 5.51. The Labute approximate surface area is 96.1 Å². The standard InChI is InChI=1S/C10H21N3O3/c1-15-7-8(16-2)5-13-10(14)9-6-11-3-4-12-9/h8-9,11-12H,3-7H2,1-2H3,(H,13,14). The zero-order valence-electron chi connectivity index (χ0n) is 9.91. The van der Waals surface area contributed by atoms with Crippen LogP contribution < -0.4 is 16.0 Å². The highest BCUT2D eigenvalue weighted by molar-refractivity contribution is 5.82. The fourth-order valence-electron chi connectivity index (χ4n) is 1.57. The molecule has 1 amide bonds. The van der Waals surface area contributed by atoms with Crippen molar-refractivity contribution in [2.45, 2.75) is 12.1 Å². The van der Waals surface area contributed by atoms with Crippen LogP contribution in [0.25, 0.3) is 0 Å². The smallest absolute Gasteiger partial charge is 0.238 e. The van der Waals surface area contributed by atoms with Crippen molar-refractivity contribution in [3.63, 3.8) is 0 Å². The first kappa shape index (κ1) is 13.4. The van der Waals surface area contributed by atoms with E-state index in [9.17, 15) is 4.79 Å². The monoisotopic (exact) mass is 231 g/mol. The average molecular weight is 231 g/mol. The number of amides is 1. The molecule has 16 heavy (non-hydrogen) atoms. The first-order chi connectivity index (χ1) is 7.77. The van der Waals surface area contributed by atoms with Gasteiger partial charge in [-0.25, -0.2) is 0 Å². The van der Waals surface area contributed by atoms with Crippen molar-refractivity contribution < 1.29 is 14.3 Å². The predicted molar refractivity (Wildman–Crippen MR) is 60.3 cm³/mol. The summed E-state index contributed by atoms with van der Waals surface area (Å²) in [5.74, 6) is 0.00496. The lowest BCUT2D eigenvalue weighted by Crippen LogP contribution is -2.56. The third-order valence-electron chi connectivity index (χ3n) is 2.55. The number of carbonyl (C=O) groups is 1. The van der Waals surface area contributed by atoms with E-state index in [0.717, 1.165) is 13.1 Å². The van der Waals surface area contributed by atoms with Gasteiger partial charge in [0.05, 0.1) is 18.8 Å². The van der Waals surface area contributed by atoms with Gasteiger partial charge in [-0.2, -0.15) is 0 Å². The summed E-state index contributed by atoms with van der Waals surface area (Å²) in [6.07, 6.45) is -0.0921. The third kappa shape index (κ3) is 4.44. The average Bonchev–Trinajstić information content (AvgIpc) is 2.35. The van der Waals surface area contributed by atoms with E-state index in [2.05, 4.69) is 16.0 Å². The summed E-state index contributed by atoms with van der Waals surface area (Å²) in [5.41, 5.74) is 0. The maximum atomic E-state index is 11.7. The van der Waals surface area contributed by atoms with Gasteiger partial charge in [0.1, 0.15) is 0 Å². The number of ether oxygens (including phenoxy) is 2. The van der Waals surface area contributed by atoms with Gasteiger partial charge in [-0.1, -0.05) is 0 Å². The van der Waals surface area contributed by atoms with Crippen molar-refractivity contribution in [3.8, 4) is 0 Å². The van der Waals surface area contributed by atoms with Gasteiger partial charge in [-0.05, 0) is 0 Å². The molecule has 1 fully saturated rings. The summed E-state index contributed by atoms with van der Waals surface area (Å²) in [6, 6.07) is -0.145. The Balaban J connectivity index is 2.22. The minimum Gasteiger partial charge on any atom is -0.382 e. The molecule has 1 rings (SSSR count). The van der Waals surface area contributed by atoms with Gasteiger partial charge in [-0.15, -0.1) is 0 Å². The van der Waals surface area contributed by atoms with Crippen LogP contribution in [0.1, 0.15) is 0 Å². The maximum absolute atomic E-state index is 11.7. The molecule has 1 heterocycles. The maximum Gasteiger partial charge on any atom is 0.238 e. The van der Waals surface area contributed by atoms with Gasteiger partial charge in [0.25, 0.3) is 0 Å². The van der Waals surface area contributed by atoms with Crippen molar-refractivity contribution in [1.82, 2.24) is 16.0 Å². The molecule has 1 saturated heterocycles. The number of nitrogens with one attached hydrogen (secondary N) is 3. The zero-order chi connectivity index (χ0) is 11.8. The summed E-state index contributed by atoms with van der Waals surface area (Å²) in [6.45, 7) is 3.36. The first-order valence-corrected chi connectivity index (χ1v) is 5.51. The minimum absolute atomic E-state index is 0.00496. The molecule has 0 aromatic rings. The van der Waals surface area contributed by atoms with Crippen molar-refractivity contribution in [2.75, 3.05) is 47.0 Å². The topological polar surface area (TPSA) is 71.6 Å². The molecule has 0 aromatic heterocycles. The second-order valence-electron chi connectivity index (χ2n) is 3.77. The van der Waals surface area contributed by atoms with Crippen molar-refractivity contribution in [2.24, 2.45) is 0 Å². The lowest BCUT2D eigenvalue weighted by Gasteiger charge is -2.24. The van der Waals surface area contributed by atoms with Gasteiger partial charge in [-0.3, -0.25) is 4.79 Å². The van der Waals surface area contributed by atoms with E-state index in [4.69, 9.17) is 9.47 Å². The molecule has 2 atom stereocenters. The third-order valence-corrected chi connectivity index (χ3v) is 2.55. The van der Waals surface area contributed by atoms with Crippen LogP contribution in [-0.4, -0.2) is 65.1 Å². The molecule has 1 aliphatic rings. The predicted octanol–water partition coefficient (Wildman–Crippen LogP) is -1.67. The van der Waals surface area contributed by atoms with E-state index in [0.29, 0.717) is 19.7 Å². The summed E-state index contributed by atoms with van der Waals surface area (Å²) < 4.78 is 10.1. The number of piperazine rings is 1. The highest BCUT2D eigenvalue weighted by Gasteiger charge is 2.20. The molecule has 6 nitrogen and oxygen atoms in total. The molecule has 94 valence electrons. The Hall–Kier alpha value is -0.690. The van der Waals surface area contributed by atoms with Gasteiger partial charge < -0.3 is 25.4 Å². The second-order valence-corrected chi connectivity index (χ2v) is 3.77. The number of methoxy groups -OCH3 is 2. The molecular formula is C10H21N3O3. The largest absolute Gasteiger partial charge is 0.382 e. The second kappa shape index (κ2) is 7.56. The minimum atomic E-state index is -0.145. The summed E-state index contributed by atoms with van der Waals surface area (Å²) in [5, 5.41) is 9.15. The molecular weight excluding hydrogens is 210 g/mol. The van der Waals surface area contributed by atoms with E-state index in [1.807, 2.05) is 0 Å². The summed E-state index contributed by atoms with van der Waals surface area (Å²) >= 11 is 0. The van der Waals surface area contributed by atoms with Crippen LogP contribution in [0.4, 0.5) is 0 Å². The highest BCUT2D eigenvalue weighted by Crippen LogP contribution is 1.91. The van der Waals surface area contributed by atoms with E-state index in [1.54, 1.807) is 14.2 Å². The molecule has 0 bridgehead atoms. The van der Waals surface area contributed by atoms with Crippen LogP contribution in [0.5, 0.6) is 0 Å². The van der Waals surface area contributed by atoms with Gasteiger partial charge in [0.2, 0.25) is 5.91 Å². The molecule has 0 aliphatic carbocycles. The van der Waals surface area contributed by atoms with Crippen LogP contribution in [0.2, 0.25) is 0 Å². The van der Waals surface area contributed by atoms with Crippen molar-refractivity contribution in [3.05, 3.63) is 0 Å². The lowest BCUT2D eigenvalue weighted by atomic mass is 10.2. The van der Waals surface area contributed by atoms with Crippen LogP contribution >= 0.6 is 0 Å². The van der Waals surface area contributed by atoms with Crippen molar-refractivity contribution >= 4 is 5.91 Å². The molecule has 0 radical (unpaired) electrons. The fourth-order valence-corrected chi connectivity index (χ4v) is 1.57. The number of hydrogen-bond donors (Lipinski definition) is 3. The molecule has 1 aliphatic heterocycles. The highest BCUT2D eigenvalue weighted by atomic mass is 16.5. The van der Waals surface area contributed by atoms with Gasteiger partial charge in [0, 0.05) is 40.4 Å². The lowest BCUT2D eigenvalue weighted by molar-refractivity contribution is -0.124. The SMILES string of the molecule is COCC(CNC(=O)C1CNCCN1)OC. The molecule has 0 saturated carbocycles. The van der Waals surface area contributed by atoms with E-state index >= 15 is 0 Å². The zero-order valence-corrected chi connectivity index (χ0v) is 9.91. The summed E-state index contributed by atoms with van der Waals surface area (Å²) in [7, 11) is 3.22.